The van der Waals surface area contributed by atoms with Crippen LogP contribution in [0.2, 0.25) is 0 Å². The van der Waals surface area contributed by atoms with Crippen molar-refractivity contribution in [3.8, 4) is 0 Å². The molecule has 0 spiro atoms. The normalized spacial score (nSPS) is 11.7. The van der Waals surface area contributed by atoms with Crippen molar-refractivity contribution in [3.63, 3.8) is 0 Å². The Morgan fingerprint density at radius 2 is 0.651 bits per heavy atom. The minimum atomic E-state index is -0.954. The fourth-order valence-corrected chi connectivity index (χ4v) is 5.06. The first-order valence-corrected chi connectivity index (χ1v) is 19.0. The highest BCUT2D eigenvalue weighted by molar-refractivity contribution is 4.82. The van der Waals surface area contributed by atoms with Crippen molar-refractivity contribution in [2.75, 3.05) is 26.4 Å². The molecule has 258 valence electrons. The van der Waals surface area contributed by atoms with Crippen molar-refractivity contribution in [1.29, 1.82) is 0 Å². The van der Waals surface area contributed by atoms with Gasteiger partial charge >= 0.3 is 0 Å². The monoisotopic (exact) mass is 611 g/mol. The zero-order valence-corrected chi connectivity index (χ0v) is 29.3. The number of hydrogen-bond donors (Lipinski definition) is 3. The largest absolute Gasteiger partial charge is 0.394 e. The van der Waals surface area contributed by atoms with Gasteiger partial charge in [0.15, 0.2) is 0 Å². The third-order valence-electron chi connectivity index (χ3n) is 8.02. The van der Waals surface area contributed by atoms with Gasteiger partial charge in [-0.3, -0.25) is 0 Å². The summed E-state index contributed by atoms with van der Waals surface area (Å²) in [5.74, 6) is 0. The summed E-state index contributed by atoms with van der Waals surface area (Å²) < 4.78 is 5.85. The summed E-state index contributed by atoms with van der Waals surface area (Å²) in [6.07, 6.45) is 47.2. The minimum absolute atomic E-state index is 0.365. The Hall–Kier alpha value is -0.680. The maximum atomic E-state index is 8.17. The predicted octanol–water partition coefficient (Wildman–Crippen LogP) is 11.4. The number of hydrogen-bond acceptors (Lipinski definition) is 4. The molecule has 0 aliphatic heterocycles. The molecule has 3 N–H and O–H groups in total. The molecule has 0 aromatic heterocycles. The van der Waals surface area contributed by atoms with Crippen molar-refractivity contribution >= 4 is 0 Å². The topological polar surface area (TPSA) is 69.9 Å². The summed E-state index contributed by atoms with van der Waals surface area (Å²) >= 11 is 0. The average molecular weight is 611 g/mol. The first kappa shape index (κ1) is 44.4. The number of rotatable bonds is 34. The molecule has 0 amide bonds. The van der Waals surface area contributed by atoms with Crippen LogP contribution in [0.3, 0.4) is 0 Å². The van der Waals surface area contributed by atoms with E-state index in [1.165, 1.54) is 180 Å². The fraction of sp³-hybridized carbons (Fsp3) is 0.897. The molecule has 0 aliphatic carbocycles. The van der Waals surface area contributed by atoms with Crippen molar-refractivity contribution < 1.29 is 20.1 Å². The van der Waals surface area contributed by atoms with Crippen LogP contribution in [0.5, 0.6) is 0 Å². The van der Waals surface area contributed by atoms with E-state index >= 15 is 0 Å². The highest BCUT2D eigenvalue weighted by Crippen LogP contribution is 2.12. The lowest BCUT2D eigenvalue weighted by Gasteiger charge is -2.05. The van der Waals surface area contributed by atoms with Gasteiger partial charge in [0.1, 0.15) is 6.10 Å². The van der Waals surface area contributed by atoms with Gasteiger partial charge in [-0.2, -0.15) is 0 Å². The van der Waals surface area contributed by atoms with Gasteiger partial charge in [0.25, 0.3) is 0 Å². The van der Waals surface area contributed by atoms with E-state index in [4.69, 9.17) is 20.1 Å². The van der Waals surface area contributed by atoms with Crippen LogP contribution < -0.4 is 0 Å². The van der Waals surface area contributed by atoms with Crippen LogP contribution in [0.25, 0.3) is 0 Å². The molecule has 0 heterocycles. The minimum Gasteiger partial charge on any atom is -0.394 e. The Balaban J connectivity index is 0. The molecule has 0 fully saturated rings. The zero-order valence-electron chi connectivity index (χ0n) is 29.3. The number of aliphatic hydroxyl groups excluding tert-OH is 3. The van der Waals surface area contributed by atoms with Crippen molar-refractivity contribution in [1.82, 2.24) is 0 Å². The van der Waals surface area contributed by atoms with E-state index < -0.39 is 6.10 Å². The van der Waals surface area contributed by atoms with E-state index in [0.717, 1.165) is 13.2 Å². The van der Waals surface area contributed by atoms with Gasteiger partial charge in [0.05, 0.1) is 13.2 Å². The molecule has 0 unspecified atom stereocenters. The highest BCUT2D eigenvalue weighted by Gasteiger charge is 1.95. The quantitative estimate of drug-likeness (QED) is 0.0501. The number of aliphatic hydroxyl groups is 3. The Labute approximate surface area is 270 Å². The van der Waals surface area contributed by atoms with E-state index in [-0.39, 0.29) is 13.2 Å². The average Bonchev–Trinajstić information content (AvgIpc) is 3.03. The Kier molecular flexibility index (Phi) is 44.9. The molecule has 0 radical (unpaired) electrons. The van der Waals surface area contributed by atoms with Crippen LogP contribution in [0.4, 0.5) is 0 Å². The Morgan fingerprint density at radius 3 is 0.907 bits per heavy atom. The molecule has 0 rings (SSSR count). The molecule has 0 saturated heterocycles. The van der Waals surface area contributed by atoms with Gasteiger partial charge in [0, 0.05) is 13.2 Å². The van der Waals surface area contributed by atoms with Gasteiger partial charge in [-0.25, -0.2) is 0 Å². The maximum Gasteiger partial charge on any atom is 0.100 e. The van der Waals surface area contributed by atoms with Gasteiger partial charge in [-0.1, -0.05) is 154 Å². The zero-order chi connectivity index (χ0) is 31.7. The maximum absolute atomic E-state index is 8.17. The SMILES string of the molecule is CCCCCCCCC=CCCCCCCCCOCCCCCCCCC=CCCCCCCCC.OCC(O)CO. The van der Waals surface area contributed by atoms with Gasteiger partial charge in [-0.15, -0.1) is 0 Å². The molecule has 0 aliphatic rings. The molecule has 0 aromatic carbocycles. The molecule has 43 heavy (non-hydrogen) atoms. The predicted molar refractivity (Wildman–Crippen MR) is 190 cm³/mol. The van der Waals surface area contributed by atoms with Crippen molar-refractivity contribution in [2.45, 2.75) is 200 Å². The fourth-order valence-electron chi connectivity index (χ4n) is 5.06. The van der Waals surface area contributed by atoms with E-state index in [1.54, 1.807) is 0 Å². The molecular weight excluding hydrogens is 532 g/mol. The lowest BCUT2D eigenvalue weighted by atomic mass is 10.1. The van der Waals surface area contributed by atoms with Crippen molar-refractivity contribution in [3.05, 3.63) is 24.3 Å². The summed E-state index contributed by atoms with van der Waals surface area (Å²) in [6.45, 7) is 5.81. The summed E-state index contributed by atoms with van der Waals surface area (Å²) in [4.78, 5) is 0. The van der Waals surface area contributed by atoms with Crippen LogP contribution in [-0.4, -0.2) is 47.9 Å². The third kappa shape index (κ3) is 45.9. The van der Waals surface area contributed by atoms with Crippen LogP contribution >= 0.6 is 0 Å². The van der Waals surface area contributed by atoms with Gasteiger partial charge in [0.2, 0.25) is 0 Å². The van der Waals surface area contributed by atoms with E-state index in [9.17, 15) is 0 Å². The number of allylic oxidation sites excluding steroid dienone is 4. The van der Waals surface area contributed by atoms with Crippen molar-refractivity contribution in [2.24, 2.45) is 0 Å². The molecule has 0 saturated carbocycles. The summed E-state index contributed by atoms with van der Waals surface area (Å²) in [6, 6.07) is 0. The summed E-state index contributed by atoms with van der Waals surface area (Å²) in [5.41, 5.74) is 0. The second kappa shape index (κ2) is 43.4. The molecule has 4 nitrogen and oxygen atoms in total. The first-order valence-electron chi connectivity index (χ1n) is 19.0. The first-order chi connectivity index (χ1) is 21.2. The molecule has 0 atom stereocenters. The second-order valence-corrected chi connectivity index (χ2v) is 12.5. The van der Waals surface area contributed by atoms with Crippen LogP contribution in [0, 0.1) is 0 Å². The van der Waals surface area contributed by atoms with Crippen LogP contribution in [0.15, 0.2) is 24.3 Å². The molecule has 0 aromatic rings. The van der Waals surface area contributed by atoms with Crippen LogP contribution in [-0.2, 0) is 4.74 Å². The third-order valence-corrected chi connectivity index (χ3v) is 8.02. The molecule has 4 heteroatoms. The summed E-state index contributed by atoms with van der Waals surface area (Å²) in [7, 11) is 0. The molecule has 0 bridgehead atoms. The standard InChI is InChI=1S/C36H70O.C3H8O3/c1-3-5-7-9-11-13-15-17-19-21-23-25-27-29-31-33-35-37-36-34-32-30-28-26-24-22-20-18-16-14-12-10-8-6-4-2;4-1-3(6)2-5/h17-20H,3-16,21-36H2,1-2H3;3-6H,1-2H2. The lowest BCUT2D eigenvalue weighted by molar-refractivity contribution is 0.0450. The molecular formula is C39H78O4. The smallest absolute Gasteiger partial charge is 0.100 e. The van der Waals surface area contributed by atoms with Gasteiger partial charge in [-0.05, 0) is 64.2 Å². The van der Waals surface area contributed by atoms with E-state index in [1.807, 2.05) is 0 Å². The highest BCUT2D eigenvalue weighted by atomic mass is 16.5. The van der Waals surface area contributed by atoms with Gasteiger partial charge < -0.3 is 20.1 Å². The lowest BCUT2D eigenvalue weighted by Crippen LogP contribution is -2.15. The Morgan fingerprint density at radius 1 is 0.395 bits per heavy atom. The second-order valence-electron chi connectivity index (χ2n) is 12.5. The number of ether oxygens (including phenoxy) is 1. The summed E-state index contributed by atoms with van der Waals surface area (Å²) in [5, 5.41) is 24.0. The Bertz CT molecular complexity index is 475. The van der Waals surface area contributed by atoms with E-state index in [2.05, 4.69) is 38.2 Å². The van der Waals surface area contributed by atoms with Crippen LogP contribution in [0.1, 0.15) is 194 Å². The van der Waals surface area contributed by atoms with E-state index in [0.29, 0.717) is 0 Å². The number of unbranched alkanes of at least 4 members (excludes halogenated alkanes) is 24.